The van der Waals surface area contributed by atoms with Crippen molar-refractivity contribution in [2.75, 3.05) is 18.0 Å². The number of hydrogen-bond acceptors (Lipinski definition) is 1. The monoisotopic (exact) mass is 317 g/mol. The SMILES string of the molecule is C[C@@H]([NH2+]CC(=O)N1CCc2ccccc21)c1ccc(F)c(F)c1. The molecule has 0 unspecified atom stereocenters. The van der Waals surface area contributed by atoms with E-state index in [4.69, 9.17) is 0 Å². The van der Waals surface area contributed by atoms with E-state index in [-0.39, 0.29) is 18.5 Å². The zero-order valence-electron chi connectivity index (χ0n) is 12.9. The van der Waals surface area contributed by atoms with Crippen LogP contribution < -0.4 is 10.2 Å². The molecule has 0 saturated heterocycles. The minimum absolute atomic E-state index is 0.0318. The molecule has 5 heteroatoms. The van der Waals surface area contributed by atoms with E-state index >= 15 is 0 Å². The molecule has 1 aliphatic heterocycles. The zero-order valence-corrected chi connectivity index (χ0v) is 12.9. The summed E-state index contributed by atoms with van der Waals surface area (Å²) in [6, 6.07) is 11.6. The third kappa shape index (κ3) is 3.24. The first-order valence-corrected chi connectivity index (χ1v) is 7.73. The van der Waals surface area contributed by atoms with Crippen molar-refractivity contribution in [3.8, 4) is 0 Å². The van der Waals surface area contributed by atoms with Crippen molar-refractivity contribution in [3.63, 3.8) is 0 Å². The highest BCUT2D eigenvalue weighted by Gasteiger charge is 2.25. The number of quaternary nitrogens is 1. The highest BCUT2D eigenvalue weighted by molar-refractivity contribution is 5.96. The number of rotatable bonds is 4. The first-order valence-electron chi connectivity index (χ1n) is 7.73. The fourth-order valence-corrected chi connectivity index (χ4v) is 2.92. The van der Waals surface area contributed by atoms with Gasteiger partial charge in [-0.1, -0.05) is 18.2 Å². The number of carbonyl (C=O) groups is 1. The van der Waals surface area contributed by atoms with E-state index in [1.54, 1.807) is 11.0 Å². The summed E-state index contributed by atoms with van der Waals surface area (Å²) in [5, 5.41) is 1.84. The quantitative estimate of drug-likeness (QED) is 0.922. The lowest BCUT2D eigenvalue weighted by atomic mass is 10.1. The van der Waals surface area contributed by atoms with Gasteiger partial charge in [0.15, 0.2) is 18.2 Å². The molecule has 1 amide bonds. The second-order valence-electron chi connectivity index (χ2n) is 5.83. The van der Waals surface area contributed by atoms with E-state index in [0.717, 1.165) is 18.2 Å². The Hall–Kier alpha value is -2.27. The van der Waals surface area contributed by atoms with Gasteiger partial charge in [-0.3, -0.25) is 4.79 Å². The third-order valence-electron chi connectivity index (χ3n) is 4.30. The van der Waals surface area contributed by atoms with Crippen LogP contribution in [-0.2, 0) is 11.2 Å². The Labute approximate surface area is 133 Å². The molecule has 0 saturated carbocycles. The van der Waals surface area contributed by atoms with Crippen molar-refractivity contribution < 1.29 is 18.9 Å². The minimum atomic E-state index is -0.859. The van der Waals surface area contributed by atoms with E-state index in [1.807, 2.05) is 36.5 Å². The van der Waals surface area contributed by atoms with E-state index in [1.165, 1.54) is 11.6 Å². The Morgan fingerprint density at radius 2 is 2.00 bits per heavy atom. The van der Waals surface area contributed by atoms with Crippen LogP contribution in [0.1, 0.15) is 24.1 Å². The van der Waals surface area contributed by atoms with Crippen LogP contribution in [0.3, 0.4) is 0 Å². The minimum Gasteiger partial charge on any atom is -0.333 e. The Morgan fingerprint density at radius 3 is 2.78 bits per heavy atom. The number of benzene rings is 2. The van der Waals surface area contributed by atoms with E-state index in [9.17, 15) is 13.6 Å². The maximum atomic E-state index is 13.3. The van der Waals surface area contributed by atoms with Crippen LogP contribution in [0.25, 0.3) is 0 Å². The predicted molar refractivity (Wildman–Crippen MR) is 84.1 cm³/mol. The summed E-state index contributed by atoms with van der Waals surface area (Å²) in [6.45, 7) is 2.85. The van der Waals surface area contributed by atoms with Gasteiger partial charge in [0.05, 0.1) is 0 Å². The van der Waals surface area contributed by atoms with Crippen molar-refractivity contribution in [1.29, 1.82) is 0 Å². The van der Waals surface area contributed by atoms with Crippen LogP contribution in [0.5, 0.6) is 0 Å². The predicted octanol–water partition coefficient (Wildman–Crippen LogP) is 2.18. The summed E-state index contributed by atoms with van der Waals surface area (Å²) >= 11 is 0. The Kier molecular flexibility index (Phi) is 4.39. The Balaban J connectivity index is 1.62. The molecule has 2 N–H and O–H groups in total. The number of halogens is 2. The number of para-hydroxylation sites is 1. The fraction of sp³-hybridized carbons (Fsp3) is 0.278. The van der Waals surface area contributed by atoms with Crippen molar-refractivity contribution in [3.05, 3.63) is 65.2 Å². The average molecular weight is 317 g/mol. The first-order chi connectivity index (χ1) is 11.1. The van der Waals surface area contributed by atoms with Crippen LogP contribution in [0.2, 0.25) is 0 Å². The molecule has 1 aliphatic rings. The topological polar surface area (TPSA) is 36.9 Å². The van der Waals surface area contributed by atoms with Gasteiger partial charge in [0.25, 0.3) is 5.91 Å². The number of amides is 1. The molecule has 0 radical (unpaired) electrons. The molecule has 0 spiro atoms. The summed E-state index contributed by atoms with van der Waals surface area (Å²) in [5.74, 6) is -1.68. The molecular formula is C18H19F2N2O+. The van der Waals surface area contributed by atoms with Gasteiger partial charge in [-0.15, -0.1) is 0 Å². The van der Waals surface area contributed by atoms with E-state index < -0.39 is 11.6 Å². The van der Waals surface area contributed by atoms with Gasteiger partial charge in [0.1, 0.15) is 6.04 Å². The molecule has 120 valence electrons. The molecular weight excluding hydrogens is 298 g/mol. The van der Waals surface area contributed by atoms with Gasteiger partial charge in [-0.05, 0) is 43.2 Å². The van der Waals surface area contributed by atoms with Gasteiger partial charge >= 0.3 is 0 Å². The van der Waals surface area contributed by atoms with Gasteiger partial charge in [-0.25, -0.2) is 8.78 Å². The second kappa shape index (κ2) is 6.46. The fourth-order valence-electron chi connectivity index (χ4n) is 2.92. The lowest BCUT2D eigenvalue weighted by molar-refractivity contribution is -0.682. The van der Waals surface area contributed by atoms with Gasteiger partial charge in [0, 0.05) is 17.8 Å². The third-order valence-corrected chi connectivity index (χ3v) is 4.30. The average Bonchev–Trinajstić information content (AvgIpc) is 2.99. The van der Waals surface area contributed by atoms with Crippen molar-refractivity contribution in [1.82, 2.24) is 0 Å². The summed E-state index contributed by atoms with van der Waals surface area (Å²) < 4.78 is 26.3. The molecule has 2 aromatic carbocycles. The van der Waals surface area contributed by atoms with Crippen molar-refractivity contribution >= 4 is 11.6 Å². The molecule has 0 bridgehead atoms. The molecule has 0 aromatic heterocycles. The van der Waals surface area contributed by atoms with Gasteiger partial charge in [0.2, 0.25) is 0 Å². The molecule has 0 aliphatic carbocycles. The lowest BCUT2D eigenvalue weighted by Gasteiger charge is -2.18. The normalized spacial score (nSPS) is 14.7. The largest absolute Gasteiger partial charge is 0.333 e. The number of nitrogens with zero attached hydrogens (tertiary/aromatic N) is 1. The van der Waals surface area contributed by atoms with Crippen molar-refractivity contribution in [2.24, 2.45) is 0 Å². The highest BCUT2D eigenvalue weighted by Crippen LogP contribution is 2.27. The van der Waals surface area contributed by atoms with Crippen LogP contribution >= 0.6 is 0 Å². The molecule has 2 aromatic rings. The Morgan fingerprint density at radius 1 is 1.22 bits per heavy atom. The molecule has 23 heavy (non-hydrogen) atoms. The van der Waals surface area contributed by atoms with E-state index in [2.05, 4.69) is 0 Å². The van der Waals surface area contributed by atoms with E-state index in [0.29, 0.717) is 12.1 Å². The second-order valence-corrected chi connectivity index (χ2v) is 5.83. The molecule has 0 fully saturated rings. The zero-order chi connectivity index (χ0) is 16.4. The summed E-state index contributed by atoms with van der Waals surface area (Å²) in [5.41, 5.74) is 2.83. The number of anilines is 1. The maximum absolute atomic E-state index is 13.3. The number of fused-ring (bicyclic) bond motifs is 1. The summed E-state index contributed by atoms with van der Waals surface area (Å²) in [4.78, 5) is 14.2. The van der Waals surface area contributed by atoms with Crippen LogP contribution in [0.15, 0.2) is 42.5 Å². The Bertz CT molecular complexity index is 733. The van der Waals surface area contributed by atoms with Crippen LogP contribution in [-0.4, -0.2) is 19.0 Å². The number of nitrogens with two attached hydrogens (primary N) is 1. The highest BCUT2D eigenvalue weighted by atomic mass is 19.2. The standard InChI is InChI=1S/C18H18F2N2O/c1-12(14-6-7-15(19)16(20)10-14)21-11-18(23)22-9-8-13-4-2-3-5-17(13)22/h2-7,10,12,21H,8-9,11H2,1H3/p+1/t12-/m1/s1. The lowest BCUT2D eigenvalue weighted by Crippen LogP contribution is -2.87. The smallest absolute Gasteiger partial charge is 0.282 e. The maximum Gasteiger partial charge on any atom is 0.282 e. The van der Waals surface area contributed by atoms with Gasteiger partial charge in [-0.2, -0.15) is 0 Å². The van der Waals surface area contributed by atoms with Crippen LogP contribution in [0.4, 0.5) is 14.5 Å². The molecule has 1 heterocycles. The molecule has 3 nitrogen and oxygen atoms in total. The first kappa shape index (κ1) is 15.6. The summed E-state index contributed by atoms with van der Waals surface area (Å²) in [6.07, 6.45) is 0.876. The summed E-state index contributed by atoms with van der Waals surface area (Å²) in [7, 11) is 0. The van der Waals surface area contributed by atoms with Crippen molar-refractivity contribution in [2.45, 2.75) is 19.4 Å². The van der Waals surface area contributed by atoms with Gasteiger partial charge < -0.3 is 10.2 Å². The van der Waals surface area contributed by atoms with Crippen LogP contribution in [0, 0.1) is 11.6 Å². The molecule has 1 atom stereocenters. The molecule has 3 rings (SSSR count). The number of hydrogen-bond donors (Lipinski definition) is 1. The number of carbonyl (C=O) groups excluding carboxylic acids is 1.